The Kier molecular flexibility index (Phi) is 8.44. The molecule has 0 N–H and O–H groups in total. The molecule has 0 amide bonds. The van der Waals surface area contributed by atoms with Gasteiger partial charge in [0.15, 0.2) is 17.3 Å². The van der Waals surface area contributed by atoms with E-state index >= 15 is 0 Å². The van der Waals surface area contributed by atoms with Crippen molar-refractivity contribution in [1.29, 1.82) is 0 Å². The van der Waals surface area contributed by atoms with Gasteiger partial charge in [-0.2, -0.15) is 0 Å². The molecule has 4 rings (SSSR count). The Balaban J connectivity index is 1.72. The summed E-state index contributed by atoms with van der Waals surface area (Å²) in [5.41, 5.74) is 5.01. The van der Waals surface area contributed by atoms with Crippen LogP contribution < -0.4 is 9.47 Å². The molecule has 2 aromatic carbocycles. The molecule has 1 heterocycles. The van der Waals surface area contributed by atoms with Gasteiger partial charge in [-0.1, -0.05) is 30.3 Å². The number of methoxy groups -OCH3 is 2. The van der Waals surface area contributed by atoms with Gasteiger partial charge in [0.2, 0.25) is 0 Å². The second-order valence-electron chi connectivity index (χ2n) is 9.43. The van der Waals surface area contributed by atoms with Gasteiger partial charge < -0.3 is 18.9 Å². The van der Waals surface area contributed by atoms with Gasteiger partial charge in [0, 0.05) is 35.9 Å². The van der Waals surface area contributed by atoms with E-state index in [-0.39, 0.29) is 24.3 Å². The molecular weight excluding hydrogens is 470 g/mol. The number of hydrogen-bond acceptors (Lipinski definition) is 7. The molecule has 0 spiro atoms. The normalized spacial score (nSPS) is 21.3. The van der Waals surface area contributed by atoms with Crippen LogP contribution in [-0.2, 0) is 19.1 Å². The van der Waals surface area contributed by atoms with Crippen LogP contribution in [0.25, 0.3) is 0 Å². The SMILES string of the molecule is CCOCCOC(=O)C1C(C)=NC2=C(C(=O)C[C@H](c3ccc(OC)c(OC)c3)C2)[C@H]1c1ccccc1C. The van der Waals surface area contributed by atoms with Crippen molar-refractivity contribution in [2.45, 2.75) is 45.4 Å². The number of aryl methyl sites for hydroxylation is 1. The summed E-state index contributed by atoms with van der Waals surface area (Å²) in [4.78, 5) is 32.0. The molecule has 1 unspecified atom stereocenters. The monoisotopic (exact) mass is 505 g/mol. The van der Waals surface area contributed by atoms with Crippen molar-refractivity contribution in [2.24, 2.45) is 10.9 Å². The molecule has 2 aromatic rings. The Morgan fingerprint density at radius 2 is 1.76 bits per heavy atom. The minimum absolute atomic E-state index is 0.0117. The number of carbonyl (C=O) groups is 2. The number of esters is 1. The molecule has 3 atom stereocenters. The van der Waals surface area contributed by atoms with Crippen molar-refractivity contribution in [1.82, 2.24) is 0 Å². The molecule has 0 bridgehead atoms. The molecular formula is C30H35NO6. The highest BCUT2D eigenvalue weighted by atomic mass is 16.6. The Morgan fingerprint density at radius 3 is 2.46 bits per heavy atom. The van der Waals surface area contributed by atoms with Crippen molar-refractivity contribution in [3.63, 3.8) is 0 Å². The molecule has 0 saturated heterocycles. The molecule has 7 nitrogen and oxygen atoms in total. The first-order chi connectivity index (χ1) is 17.9. The van der Waals surface area contributed by atoms with Crippen LogP contribution in [0, 0.1) is 12.8 Å². The van der Waals surface area contributed by atoms with E-state index in [1.54, 1.807) is 14.2 Å². The number of hydrogen-bond donors (Lipinski definition) is 0. The van der Waals surface area contributed by atoms with Gasteiger partial charge in [0.25, 0.3) is 0 Å². The zero-order valence-electron chi connectivity index (χ0n) is 22.2. The number of ketones is 1. The van der Waals surface area contributed by atoms with Gasteiger partial charge in [-0.15, -0.1) is 0 Å². The lowest BCUT2D eigenvalue weighted by molar-refractivity contribution is -0.148. The fourth-order valence-corrected chi connectivity index (χ4v) is 5.41. The van der Waals surface area contributed by atoms with Crippen molar-refractivity contribution in [3.8, 4) is 11.5 Å². The maximum Gasteiger partial charge on any atom is 0.315 e. The second kappa shape index (κ2) is 11.7. The lowest BCUT2D eigenvalue weighted by atomic mass is 9.68. The van der Waals surface area contributed by atoms with Crippen LogP contribution in [0.2, 0.25) is 0 Å². The summed E-state index contributed by atoms with van der Waals surface area (Å²) in [6, 6.07) is 13.7. The summed E-state index contributed by atoms with van der Waals surface area (Å²) in [7, 11) is 3.20. The van der Waals surface area contributed by atoms with E-state index in [9.17, 15) is 9.59 Å². The van der Waals surface area contributed by atoms with Crippen LogP contribution in [0.1, 0.15) is 55.2 Å². The summed E-state index contributed by atoms with van der Waals surface area (Å²) in [5, 5.41) is 0. The van der Waals surface area contributed by atoms with Gasteiger partial charge in [-0.05, 0) is 61.9 Å². The zero-order chi connectivity index (χ0) is 26.5. The third-order valence-corrected chi connectivity index (χ3v) is 7.22. The maximum atomic E-state index is 13.8. The van der Waals surface area contributed by atoms with Gasteiger partial charge in [0.05, 0.1) is 20.8 Å². The highest BCUT2D eigenvalue weighted by Crippen LogP contribution is 2.48. The Bertz CT molecular complexity index is 1230. The molecule has 1 aliphatic heterocycles. The van der Waals surface area contributed by atoms with Crippen LogP contribution in [0.3, 0.4) is 0 Å². The highest BCUT2D eigenvalue weighted by Gasteiger charge is 2.45. The summed E-state index contributed by atoms with van der Waals surface area (Å²) >= 11 is 0. The lowest BCUT2D eigenvalue weighted by Gasteiger charge is -2.37. The second-order valence-corrected chi connectivity index (χ2v) is 9.43. The number of carbonyl (C=O) groups excluding carboxylic acids is 2. The molecule has 0 radical (unpaired) electrons. The largest absolute Gasteiger partial charge is 0.493 e. The van der Waals surface area contributed by atoms with Crippen LogP contribution in [-0.4, -0.2) is 51.5 Å². The van der Waals surface area contributed by atoms with Crippen molar-refractivity contribution < 1.29 is 28.5 Å². The van der Waals surface area contributed by atoms with Gasteiger partial charge in [0.1, 0.15) is 12.5 Å². The van der Waals surface area contributed by atoms with E-state index in [2.05, 4.69) is 0 Å². The summed E-state index contributed by atoms with van der Waals surface area (Å²) in [6.45, 7) is 6.81. The third-order valence-electron chi connectivity index (χ3n) is 7.22. The molecule has 0 saturated carbocycles. The molecule has 7 heteroatoms. The fraction of sp³-hybridized carbons (Fsp3) is 0.433. The van der Waals surface area contributed by atoms with E-state index in [4.69, 9.17) is 23.9 Å². The number of ether oxygens (including phenoxy) is 4. The predicted octanol–water partition coefficient (Wildman–Crippen LogP) is 5.17. The quantitative estimate of drug-likeness (QED) is 0.346. The number of benzene rings is 2. The predicted molar refractivity (Wildman–Crippen MR) is 142 cm³/mol. The van der Waals surface area contributed by atoms with E-state index in [1.807, 2.05) is 63.2 Å². The van der Waals surface area contributed by atoms with E-state index < -0.39 is 11.8 Å². The average molecular weight is 506 g/mol. The molecule has 2 aliphatic rings. The summed E-state index contributed by atoms with van der Waals surface area (Å²) < 4.78 is 21.8. The topological polar surface area (TPSA) is 83.4 Å². The number of nitrogens with zero attached hydrogens (tertiary/aromatic N) is 1. The number of allylic oxidation sites excluding steroid dienone is 2. The standard InChI is InChI=1S/C30H35NO6/c1-6-36-13-14-37-30(33)27-19(3)31-23-15-21(20-11-12-25(34-4)26(17-20)35-5)16-24(32)29(23)28(27)22-10-8-7-9-18(22)2/h7-12,17,21,27-28H,6,13-16H2,1-5H3/t21-,27?,28+/m1/s1. The Hall–Kier alpha value is -3.45. The first-order valence-electron chi connectivity index (χ1n) is 12.7. The molecule has 37 heavy (non-hydrogen) atoms. The van der Waals surface area contributed by atoms with Gasteiger partial charge >= 0.3 is 5.97 Å². The average Bonchev–Trinajstić information content (AvgIpc) is 2.90. The molecule has 1 aliphatic carbocycles. The Morgan fingerprint density at radius 1 is 1.00 bits per heavy atom. The van der Waals surface area contributed by atoms with E-state index in [0.717, 1.165) is 22.4 Å². The fourth-order valence-electron chi connectivity index (χ4n) is 5.41. The lowest BCUT2D eigenvalue weighted by Crippen LogP contribution is -2.38. The van der Waals surface area contributed by atoms with Crippen LogP contribution in [0.5, 0.6) is 11.5 Å². The molecule has 196 valence electrons. The van der Waals surface area contributed by atoms with Crippen molar-refractivity contribution in [2.75, 3.05) is 34.0 Å². The van der Waals surface area contributed by atoms with Gasteiger partial charge in [-0.3, -0.25) is 14.6 Å². The van der Waals surface area contributed by atoms with E-state index in [0.29, 0.717) is 48.8 Å². The number of aliphatic imine (C=N–C) groups is 1. The summed E-state index contributed by atoms with van der Waals surface area (Å²) in [6.07, 6.45) is 0.930. The first-order valence-corrected chi connectivity index (χ1v) is 12.7. The first kappa shape index (κ1) is 26.6. The van der Waals surface area contributed by atoms with Crippen LogP contribution in [0.4, 0.5) is 0 Å². The summed E-state index contributed by atoms with van der Waals surface area (Å²) in [5.74, 6) is -0.244. The van der Waals surface area contributed by atoms with Crippen LogP contribution >= 0.6 is 0 Å². The minimum atomic E-state index is -0.664. The maximum absolute atomic E-state index is 13.8. The minimum Gasteiger partial charge on any atom is -0.493 e. The smallest absolute Gasteiger partial charge is 0.315 e. The van der Waals surface area contributed by atoms with Crippen LogP contribution in [0.15, 0.2) is 58.7 Å². The van der Waals surface area contributed by atoms with Crippen molar-refractivity contribution >= 4 is 17.5 Å². The number of rotatable bonds is 9. The van der Waals surface area contributed by atoms with Gasteiger partial charge in [-0.25, -0.2) is 0 Å². The van der Waals surface area contributed by atoms with E-state index in [1.165, 1.54) is 0 Å². The van der Waals surface area contributed by atoms with Crippen molar-refractivity contribution in [3.05, 3.63) is 70.4 Å². The highest BCUT2D eigenvalue weighted by molar-refractivity contribution is 6.09. The molecule has 0 fully saturated rings. The molecule has 0 aromatic heterocycles. The Labute approximate surface area is 218 Å². The third kappa shape index (κ3) is 5.47. The zero-order valence-corrected chi connectivity index (χ0v) is 22.2. The number of Topliss-reactive ketones (excluding diaryl/α,β-unsaturated/α-hetero) is 1.